The first-order valence-electron chi connectivity index (χ1n) is 15.4. The third-order valence-corrected chi connectivity index (χ3v) is 7.33. The zero-order valence-electron chi connectivity index (χ0n) is 27.4. The van der Waals surface area contributed by atoms with Gasteiger partial charge in [0.05, 0.1) is 42.2 Å². The molecule has 0 aliphatic carbocycles. The summed E-state index contributed by atoms with van der Waals surface area (Å²) in [5.74, 6) is -4.23. The predicted octanol–water partition coefficient (Wildman–Crippen LogP) is 6.48. The van der Waals surface area contributed by atoms with Crippen LogP contribution in [0, 0.1) is 11.6 Å². The van der Waals surface area contributed by atoms with Gasteiger partial charge in [0.15, 0.2) is 17.4 Å². The highest BCUT2D eigenvalue weighted by molar-refractivity contribution is 6.33. The molecule has 13 nitrogen and oxygen atoms in total. The van der Waals surface area contributed by atoms with Gasteiger partial charge in [-0.3, -0.25) is 14.5 Å². The fraction of sp³-hybridized carbons (Fsp3) is 0.273. The number of anilines is 2. The molecule has 0 saturated carbocycles. The summed E-state index contributed by atoms with van der Waals surface area (Å²) in [6.45, 7) is 4.06. The molecule has 276 valence electrons. The first-order valence-corrected chi connectivity index (χ1v) is 15.8. The van der Waals surface area contributed by atoms with Gasteiger partial charge in [0.2, 0.25) is 0 Å². The number of carboxylic acids is 2. The Kier molecular flexibility index (Phi) is 13.2. The van der Waals surface area contributed by atoms with Crippen LogP contribution in [0.3, 0.4) is 0 Å². The van der Waals surface area contributed by atoms with E-state index < -0.39 is 35.8 Å². The van der Waals surface area contributed by atoms with E-state index in [4.69, 9.17) is 41.1 Å². The van der Waals surface area contributed by atoms with Crippen molar-refractivity contribution in [1.29, 1.82) is 0 Å². The van der Waals surface area contributed by atoms with E-state index in [2.05, 4.69) is 25.7 Å². The van der Waals surface area contributed by atoms with Gasteiger partial charge >= 0.3 is 18.1 Å². The lowest BCUT2D eigenvalue weighted by Gasteiger charge is -2.14. The lowest BCUT2D eigenvalue weighted by atomic mass is 10.1. The van der Waals surface area contributed by atoms with Crippen LogP contribution in [0.4, 0.5) is 33.5 Å². The van der Waals surface area contributed by atoms with Crippen LogP contribution < -0.4 is 20.1 Å². The molecule has 0 spiro atoms. The first-order chi connectivity index (χ1) is 24.7. The Balaban J connectivity index is 0.000000785. The summed E-state index contributed by atoms with van der Waals surface area (Å²) in [7, 11) is 0. The Morgan fingerprint density at radius 1 is 1.06 bits per heavy atom. The van der Waals surface area contributed by atoms with Crippen molar-refractivity contribution in [2.45, 2.75) is 39.0 Å². The van der Waals surface area contributed by atoms with Gasteiger partial charge < -0.3 is 30.3 Å². The number of fused-ring (bicyclic) bond motifs is 1. The summed E-state index contributed by atoms with van der Waals surface area (Å²) >= 11 is 6.35. The van der Waals surface area contributed by atoms with E-state index in [0.29, 0.717) is 51.8 Å². The zero-order valence-corrected chi connectivity index (χ0v) is 28.2. The number of aliphatic carboxylic acids is 2. The lowest BCUT2D eigenvalue weighted by molar-refractivity contribution is -0.192. The minimum absolute atomic E-state index is 0.110. The molecule has 3 aromatic heterocycles. The highest BCUT2D eigenvalue weighted by atomic mass is 35.5. The number of aromatic nitrogens is 5. The highest BCUT2D eigenvalue weighted by Gasteiger charge is 2.38. The van der Waals surface area contributed by atoms with Gasteiger partial charge in [0.1, 0.15) is 29.1 Å². The second-order valence-electron chi connectivity index (χ2n) is 10.7. The Morgan fingerprint density at radius 2 is 1.75 bits per heavy atom. The number of nitrogens with one attached hydrogen (secondary N) is 2. The summed E-state index contributed by atoms with van der Waals surface area (Å²) in [6, 6.07) is 10.5. The molecular weight excluding hydrogens is 721 g/mol. The number of ether oxygens (including phenoxy) is 2. The summed E-state index contributed by atoms with van der Waals surface area (Å²) in [5, 5.41) is 27.9. The number of halogens is 6. The molecule has 0 radical (unpaired) electrons. The number of para-hydroxylation sites is 1. The van der Waals surface area contributed by atoms with Crippen LogP contribution in [0.25, 0.3) is 22.4 Å². The van der Waals surface area contributed by atoms with Crippen molar-refractivity contribution in [2.75, 3.05) is 25.1 Å². The van der Waals surface area contributed by atoms with Crippen molar-refractivity contribution in [2.24, 2.45) is 0 Å². The summed E-state index contributed by atoms with van der Waals surface area (Å²) in [4.78, 5) is 33.2. The molecule has 1 unspecified atom stereocenters. The largest absolute Gasteiger partial charge is 0.494 e. The molecular formula is C33H31ClF5N7O6. The second-order valence-corrected chi connectivity index (χ2v) is 11.1. The summed E-state index contributed by atoms with van der Waals surface area (Å²) in [5.41, 5.74) is 1.37. The van der Waals surface area contributed by atoms with Crippen LogP contribution in [-0.4, -0.2) is 78.9 Å². The van der Waals surface area contributed by atoms with Gasteiger partial charge in [0.25, 0.3) is 0 Å². The van der Waals surface area contributed by atoms with E-state index >= 15 is 0 Å². The minimum Gasteiger partial charge on any atom is -0.494 e. The number of alkyl halides is 3. The number of pyridine rings is 1. The van der Waals surface area contributed by atoms with E-state index in [0.717, 1.165) is 12.1 Å². The zero-order chi connectivity index (χ0) is 38.0. The quantitative estimate of drug-likeness (QED) is 0.0720. The van der Waals surface area contributed by atoms with Crippen LogP contribution in [0.1, 0.15) is 25.8 Å². The van der Waals surface area contributed by atoms with Crippen molar-refractivity contribution >= 4 is 45.9 Å². The van der Waals surface area contributed by atoms with Crippen molar-refractivity contribution in [3.63, 3.8) is 0 Å². The van der Waals surface area contributed by atoms with Gasteiger partial charge in [-0.15, -0.1) is 0 Å². The molecule has 0 amide bonds. The first kappa shape index (κ1) is 39.2. The smallest absolute Gasteiger partial charge is 0.490 e. The van der Waals surface area contributed by atoms with Crippen molar-refractivity contribution in [1.82, 2.24) is 30.0 Å². The number of hydrogen-bond acceptors (Lipinski definition) is 10. The number of benzene rings is 2. The molecule has 4 N–H and O–H groups in total. The van der Waals surface area contributed by atoms with E-state index in [-0.39, 0.29) is 36.9 Å². The van der Waals surface area contributed by atoms with Gasteiger partial charge in [-0.05, 0) is 38.9 Å². The molecule has 0 aliphatic rings. The molecule has 5 rings (SSSR count). The summed E-state index contributed by atoms with van der Waals surface area (Å²) < 4.78 is 74.4. The summed E-state index contributed by atoms with van der Waals surface area (Å²) in [6.07, 6.45) is -0.0220. The van der Waals surface area contributed by atoms with E-state index in [1.165, 1.54) is 17.1 Å². The van der Waals surface area contributed by atoms with Crippen molar-refractivity contribution in [3.8, 4) is 23.0 Å². The maximum atomic E-state index is 15.0. The lowest BCUT2D eigenvalue weighted by Crippen LogP contribution is -2.34. The van der Waals surface area contributed by atoms with Gasteiger partial charge in [-0.2, -0.15) is 18.3 Å². The molecule has 0 bridgehead atoms. The van der Waals surface area contributed by atoms with Crippen molar-refractivity contribution < 1.29 is 51.2 Å². The Morgan fingerprint density at radius 3 is 2.38 bits per heavy atom. The molecule has 0 saturated heterocycles. The van der Waals surface area contributed by atoms with Crippen molar-refractivity contribution in [3.05, 3.63) is 83.3 Å². The van der Waals surface area contributed by atoms with Crippen LogP contribution in [0.15, 0.2) is 61.1 Å². The number of carboxylic acid groups (broad SMARTS) is 2. The fourth-order valence-electron chi connectivity index (χ4n) is 4.49. The topological polar surface area (TPSA) is 174 Å². The average Bonchev–Trinajstić information content (AvgIpc) is 3.46. The minimum atomic E-state index is -5.08. The second kappa shape index (κ2) is 17.5. The number of hydrogen-bond donors (Lipinski definition) is 4. The third kappa shape index (κ3) is 10.2. The highest BCUT2D eigenvalue weighted by Crippen LogP contribution is 2.33. The maximum Gasteiger partial charge on any atom is 0.490 e. The van der Waals surface area contributed by atoms with E-state index in [1.807, 2.05) is 12.1 Å². The van der Waals surface area contributed by atoms with Crippen LogP contribution >= 0.6 is 11.6 Å². The van der Waals surface area contributed by atoms with Gasteiger partial charge in [-0.1, -0.05) is 29.8 Å². The molecule has 3 heterocycles. The molecule has 5 aromatic rings. The standard InChI is InChI=1S/C31H30ClF2N7O4.C2HF3O2/c1-3-44-19-13-23(33)21(24(34)14-19)17-41-26-8-5-4-7-20(26)28(40-41)30-37-16-27(45-12-6-10-36-18(2)31(42)43)29(39-30)38-25-9-11-35-15-22(25)32;3-2(4,5)1(6)7/h4-5,7-9,11,13-16,18,36H,3,6,10,12,17H2,1-2H3,(H,42,43)(H,35,37,38,39);(H,6,7). The number of carbonyl (C=O) groups is 2. The number of rotatable bonds is 14. The Bertz CT molecular complexity index is 2010. The maximum absolute atomic E-state index is 15.0. The predicted molar refractivity (Wildman–Crippen MR) is 179 cm³/mol. The molecule has 0 aliphatic heterocycles. The van der Waals surface area contributed by atoms with Crippen LogP contribution in [0.5, 0.6) is 11.5 Å². The Hall–Kier alpha value is -5.62. The van der Waals surface area contributed by atoms with E-state index in [9.17, 15) is 26.7 Å². The monoisotopic (exact) mass is 751 g/mol. The van der Waals surface area contributed by atoms with Gasteiger partial charge in [0, 0.05) is 35.5 Å². The molecule has 52 heavy (non-hydrogen) atoms. The van der Waals surface area contributed by atoms with Gasteiger partial charge in [-0.25, -0.2) is 23.5 Å². The Labute approximate surface area is 297 Å². The fourth-order valence-corrected chi connectivity index (χ4v) is 4.65. The SMILES string of the molecule is CCOc1cc(F)c(Cn2nc(-c3ncc(OCCCNC(C)C(=O)O)c(Nc4ccncc4Cl)n3)c3ccccc32)c(F)c1.O=C(O)C(F)(F)F. The molecule has 0 fully saturated rings. The molecule has 19 heteroatoms. The molecule has 2 aromatic carbocycles. The van der Waals surface area contributed by atoms with Crippen LogP contribution in [-0.2, 0) is 16.1 Å². The average molecular weight is 752 g/mol. The number of nitrogens with zero attached hydrogens (tertiary/aromatic N) is 5. The van der Waals surface area contributed by atoms with Crippen LogP contribution in [0.2, 0.25) is 5.02 Å². The molecule has 1 atom stereocenters. The normalized spacial score (nSPS) is 11.8. The van der Waals surface area contributed by atoms with E-state index in [1.54, 1.807) is 38.2 Å². The third-order valence-electron chi connectivity index (χ3n) is 7.03.